The van der Waals surface area contributed by atoms with E-state index in [4.69, 9.17) is 10.2 Å². The first-order chi connectivity index (χ1) is 5.81. The standard InChI is InChI=1S/C10H15NO/c1-7-5-8-3-2-4-9(6-11)10(8)12-7/h5,9H,2-4,6,11H2,1H3. The molecule has 2 N–H and O–H groups in total. The van der Waals surface area contributed by atoms with Crippen molar-refractivity contribution in [2.24, 2.45) is 5.73 Å². The van der Waals surface area contributed by atoms with Crippen molar-refractivity contribution in [2.45, 2.75) is 32.1 Å². The summed E-state index contributed by atoms with van der Waals surface area (Å²) in [4.78, 5) is 0. The van der Waals surface area contributed by atoms with Gasteiger partial charge in [-0.15, -0.1) is 0 Å². The molecule has 1 aromatic heterocycles. The summed E-state index contributed by atoms with van der Waals surface area (Å²) in [6.45, 7) is 2.73. The number of furan rings is 1. The van der Waals surface area contributed by atoms with E-state index in [0.29, 0.717) is 5.92 Å². The molecule has 0 spiro atoms. The highest BCUT2D eigenvalue weighted by Gasteiger charge is 2.22. The Kier molecular flexibility index (Phi) is 1.93. The molecule has 2 rings (SSSR count). The van der Waals surface area contributed by atoms with Crippen LogP contribution in [-0.4, -0.2) is 6.54 Å². The van der Waals surface area contributed by atoms with Gasteiger partial charge in [0.25, 0.3) is 0 Å². The first-order valence-electron chi connectivity index (χ1n) is 4.60. The van der Waals surface area contributed by atoms with Crippen LogP contribution >= 0.6 is 0 Å². The summed E-state index contributed by atoms with van der Waals surface area (Å²) in [6, 6.07) is 2.15. The highest BCUT2D eigenvalue weighted by molar-refractivity contribution is 5.26. The van der Waals surface area contributed by atoms with E-state index < -0.39 is 0 Å². The molecule has 0 aromatic carbocycles. The molecule has 1 aromatic rings. The Hall–Kier alpha value is -0.760. The summed E-state index contributed by atoms with van der Waals surface area (Å²) >= 11 is 0. The fourth-order valence-corrected chi connectivity index (χ4v) is 2.02. The molecule has 1 atom stereocenters. The van der Waals surface area contributed by atoms with E-state index in [0.717, 1.165) is 18.1 Å². The molecule has 66 valence electrons. The topological polar surface area (TPSA) is 39.2 Å². The zero-order valence-electron chi connectivity index (χ0n) is 7.47. The van der Waals surface area contributed by atoms with E-state index in [1.165, 1.54) is 24.8 Å². The van der Waals surface area contributed by atoms with Crippen LogP contribution in [0.2, 0.25) is 0 Å². The Morgan fingerprint density at radius 3 is 3.25 bits per heavy atom. The molecule has 1 heterocycles. The maximum Gasteiger partial charge on any atom is 0.111 e. The lowest BCUT2D eigenvalue weighted by molar-refractivity contribution is 0.407. The van der Waals surface area contributed by atoms with Gasteiger partial charge in [-0.05, 0) is 37.8 Å². The predicted octanol–water partition coefficient (Wildman–Crippen LogP) is 1.97. The molecule has 0 amide bonds. The minimum absolute atomic E-state index is 0.474. The van der Waals surface area contributed by atoms with Gasteiger partial charge in [0.2, 0.25) is 0 Å². The third-order valence-corrected chi connectivity index (χ3v) is 2.62. The maximum absolute atomic E-state index is 5.67. The van der Waals surface area contributed by atoms with Gasteiger partial charge in [0.05, 0.1) is 0 Å². The van der Waals surface area contributed by atoms with Crippen LogP contribution in [0.4, 0.5) is 0 Å². The summed E-state index contributed by atoms with van der Waals surface area (Å²) in [5, 5.41) is 0. The zero-order valence-corrected chi connectivity index (χ0v) is 7.47. The van der Waals surface area contributed by atoms with Crippen LogP contribution in [0.15, 0.2) is 10.5 Å². The summed E-state index contributed by atoms with van der Waals surface area (Å²) in [6.07, 6.45) is 3.62. The minimum atomic E-state index is 0.474. The third-order valence-electron chi connectivity index (χ3n) is 2.62. The Morgan fingerprint density at radius 2 is 2.50 bits per heavy atom. The predicted molar refractivity (Wildman–Crippen MR) is 48.2 cm³/mol. The van der Waals surface area contributed by atoms with Crippen molar-refractivity contribution in [2.75, 3.05) is 6.54 Å². The lowest BCUT2D eigenvalue weighted by Gasteiger charge is -2.18. The van der Waals surface area contributed by atoms with Crippen LogP contribution in [0.3, 0.4) is 0 Å². The lowest BCUT2D eigenvalue weighted by Crippen LogP contribution is -2.16. The van der Waals surface area contributed by atoms with Crippen molar-refractivity contribution < 1.29 is 4.42 Å². The van der Waals surface area contributed by atoms with Crippen LogP contribution in [-0.2, 0) is 6.42 Å². The van der Waals surface area contributed by atoms with Gasteiger partial charge in [0.1, 0.15) is 11.5 Å². The molecule has 0 radical (unpaired) electrons. The van der Waals surface area contributed by atoms with Crippen LogP contribution in [0.1, 0.15) is 35.8 Å². The van der Waals surface area contributed by atoms with Gasteiger partial charge in [0, 0.05) is 12.5 Å². The van der Waals surface area contributed by atoms with Crippen molar-refractivity contribution in [3.8, 4) is 0 Å². The Bertz CT molecular complexity index is 277. The highest BCUT2D eigenvalue weighted by atomic mass is 16.3. The molecule has 0 saturated carbocycles. The Morgan fingerprint density at radius 1 is 1.67 bits per heavy atom. The van der Waals surface area contributed by atoms with E-state index in [1.807, 2.05) is 6.92 Å². The number of rotatable bonds is 1. The van der Waals surface area contributed by atoms with Crippen LogP contribution < -0.4 is 5.73 Å². The highest BCUT2D eigenvalue weighted by Crippen LogP contribution is 2.32. The van der Waals surface area contributed by atoms with Crippen molar-refractivity contribution in [1.29, 1.82) is 0 Å². The maximum atomic E-state index is 5.67. The van der Waals surface area contributed by atoms with Crippen LogP contribution in [0, 0.1) is 6.92 Å². The zero-order chi connectivity index (χ0) is 8.55. The first-order valence-corrected chi connectivity index (χ1v) is 4.60. The number of aryl methyl sites for hydroxylation is 2. The molecule has 2 heteroatoms. The number of fused-ring (bicyclic) bond motifs is 1. The van der Waals surface area contributed by atoms with Gasteiger partial charge in [-0.25, -0.2) is 0 Å². The largest absolute Gasteiger partial charge is 0.466 e. The molecule has 0 aliphatic heterocycles. The fourth-order valence-electron chi connectivity index (χ4n) is 2.02. The van der Waals surface area contributed by atoms with Gasteiger partial charge in [-0.2, -0.15) is 0 Å². The monoisotopic (exact) mass is 165 g/mol. The van der Waals surface area contributed by atoms with E-state index in [1.54, 1.807) is 0 Å². The number of nitrogens with two attached hydrogens (primary N) is 1. The normalized spacial score (nSPS) is 22.3. The summed E-state index contributed by atoms with van der Waals surface area (Å²) in [5.74, 6) is 2.66. The third kappa shape index (κ3) is 1.16. The van der Waals surface area contributed by atoms with Crippen LogP contribution in [0.25, 0.3) is 0 Å². The van der Waals surface area contributed by atoms with E-state index in [9.17, 15) is 0 Å². The van der Waals surface area contributed by atoms with E-state index in [-0.39, 0.29) is 0 Å². The fraction of sp³-hybridized carbons (Fsp3) is 0.600. The summed E-state index contributed by atoms with van der Waals surface area (Å²) in [7, 11) is 0. The molecular formula is C10H15NO. The molecule has 0 saturated heterocycles. The molecule has 1 aliphatic rings. The molecule has 1 unspecified atom stereocenters. The van der Waals surface area contributed by atoms with Gasteiger partial charge in [0.15, 0.2) is 0 Å². The minimum Gasteiger partial charge on any atom is -0.466 e. The lowest BCUT2D eigenvalue weighted by atomic mass is 9.89. The van der Waals surface area contributed by atoms with Crippen molar-refractivity contribution in [1.82, 2.24) is 0 Å². The Labute approximate surface area is 72.7 Å². The van der Waals surface area contributed by atoms with Crippen LogP contribution in [0.5, 0.6) is 0 Å². The first kappa shape index (κ1) is 7.87. The van der Waals surface area contributed by atoms with Crippen molar-refractivity contribution in [3.63, 3.8) is 0 Å². The molecule has 0 bridgehead atoms. The van der Waals surface area contributed by atoms with Crippen molar-refractivity contribution >= 4 is 0 Å². The second kappa shape index (κ2) is 2.94. The van der Waals surface area contributed by atoms with Gasteiger partial charge in [-0.3, -0.25) is 0 Å². The van der Waals surface area contributed by atoms with E-state index in [2.05, 4.69) is 6.07 Å². The van der Waals surface area contributed by atoms with Gasteiger partial charge in [-0.1, -0.05) is 0 Å². The Balaban J connectivity index is 2.36. The molecule has 12 heavy (non-hydrogen) atoms. The smallest absolute Gasteiger partial charge is 0.111 e. The molecule has 1 aliphatic carbocycles. The SMILES string of the molecule is Cc1cc2c(o1)C(CN)CCC2. The number of hydrogen-bond donors (Lipinski definition) is 1. The molecular weight excluding hydrogens is 150 g/mol. The summed E-state index contributed by atoms with van der Waals surface area (Å²) in [5.41, 5.74) is 7.05. The average Bonchev–Trinajstić information content (AvgIpc) is 2.44. The number of hydrogen-bond acceptors (Lipinski definition) is 2. The summed E-state index contributed by atoms with van der Waals surface area (Å²) < 4.78 is 5.63. The second-order valence-electron chi connectivity index (χ2n) is 3.57. The average molecular weight is 165 g/mol. The van der Waals surface area contributed by atoms with E-state index >= 15 is 0 Å². The molecule has 0 fully saturated rings. The quantitative estimate of drug-likeness (QED) is 0.691. The second-order valence-corrected chi connectivity index (χ2v) is 3.57. The van der Waals surface area contributed by atoms with Crippen molar-refractivity contribution in [3.05, 3.63) is 23.2 Å². The van der Waals surface area contributed by atoms with Gasteiger partial charge < -0.3 is 10.2 Å². The van der Waals surface area contributed by atoms with Gasteiger partial charge >= 0.3 is 0 Å². The molecule has 2 nitrogen and oxygen atoms in total.